The number of hydrogen-bond donors (Lipinski definition) is 2. The zero-order valence-electron chi connectivity index (χ0n) is 14.2. The van der Waals surface area contributed by atoms with Gasteiger partial charge in [-0.1, -0.05) is 22.6 Å². The highest BCUT2D eigenvalue weighted by Crippen LogP contribution is 2.74. The number of fused-ring (bicyclic) bond motifs is 9. The zero-order valence-corrected chi connectivity index (χ0v) is 16.4. The first-order valence-electron chi connectivity index (χ1n) is 9.20. The lowest BCUT2D eigenvalue weighted by molar-refractivity contribution is -0.192. The molecule has 0 amide bonds. The molecule has 0 aromatic rings. The van der Waals surface area contributed by atoms with E-state index in [-0.39, 0.29) is 17.2 Å². The smallest absolute Gasteiger partial charge is 0.325 e. The van der Waals surface area contributed by atoms with E-state index in [1.165, 1.54) is 25.7 Å². The summed E-state index contributed by atoms with van der Waals surface area (Å²) in [5.74, 6) is 4.76. The molecule has 5 rings (SSSR count). The fraction of sp³-hybridized carbons (Fsp3) is 0.944. The summed E-state index contributed by atoms with van der Waals surface area (Å²) in [6.07, 6.45) is 5.62. The van der Waals surface area contributed by atoms with Crippen LogP contribution < -0.4 is 10.6 Å². The minimum atomic E-state index is -0.588. The number of ether oxygens (including phenoxy) is 1. The van der Waals surface area contributed by atoms with Gasteiger partial charge in [-0.15, -0.1) is 0 Å². The van der Waals surface area contributed by atoms with Gasteiger partial charge in [-0.25, -0.2) is 0 Å². The van der Waals surface area contributed by atoms with Crippen LogP contribution in [0.2, 0.25) is 0 Å². The quantitative estimate of drug-likeness (QED) is 0.313. The van der Waals surface area contributed by atoms with Crippen molar-refractivity contribution < 1.29 is 9.53 Å². The lowest BCUT2D eigenvalue weighted by Gasteiger charge is -2.53. The summed E-state index contributed by atoms with van der Waals surface area (Å²) in [4.78, 5) is 13.0. The van der Waals surface area contributed by atoms with E-state index in [0.717, 1.165) is 30.3 Å². The Balaban J connectivity index is 1.37. The zero-order chi connectivity index (χ0) is 16.2. The van der Waals surface area contributed by atoms with E-state index in [2.05, 4.69) is 47.1 Å². The molecule has 4 saturated carbocycles. The molecule has 5 aliphatic rings. The summed E-state index contributed by atoms with van der Waals surface area (Å²) in [7, 11) is 0. The molecule has 1 aliphatic heterocycles. The van der Waals surface area contributed by atoms with Crippen LogP contribution >= 0.6 is 22.6 Å². The molecular formula is C18H27IN2O2. The fourth-order valence-corrected chi connectivity index (χ4v) is 7.34. The Kier molecular flexibility index (Phi) is 2.97. The number of nitrogens with one attached hydrogen (secondary N) is 2. The van der Waals surface area contributed by atoms with Crippen LogP contribution in [0.25, 0.3) is 0 Å². The van der Waals surface area contributed by atoms with Crippen LogP contribution in [-0.2, 0) is 9.53 Å². The SMILES string of the molecule is CC1(OC(=O)C(C)(I)C2(C)NCN2)C2CC1C1C3CCC(C3)C12. The third kappa shape index (κ3) is 1.67. The van der Waals surface area contributed by atoms with Crippen LogP contribution in [0.3, 0.4) is 0 Å². The van der Waals surface area contributed by atoms with E-state index in [1.54, 1.807) is 0 Å². The first kappa shape index (κ1) is 15.4. The Bertz CT molecular complexity index is 551. The molecule has 4 nitrogen and oxygen atoms in total. The van der Waals surface area contributed by atoms with Gasteiger partial charge in [-0.2, -0.15) is 0 Å². The second-order valence-corrected chi connectivity index (χ2v) is 11.3. The van der Waals surface area contributed by atoms with Crippen LogP contribution in [0.15, 0.2) is 0 Å². The van der Waals surface area contributed by atoms with Crippen LogP contribution in [-0.4, -0.2) is 27.3 Å². The van der Waals surface area contributed by atoms with Crippen LogP contribution in [0.5, 0.6) is 0 Å². The average molecular weight is 430 g/mol. The average Bonchev–Trinajstić information content (AvgIpc) is 3.18. The molecule has 5 fully saturated rings. The van der Waals surface area contributed by atoms with Crippen LogP contribution in [0, 0.1) is 35.5 Å². The van der Waals surface area contributed by atoms with Crippen molar-refractivity contribution >= 4 is 28.6 Å². The number of halogens is 1. The van der Waals surface area contributed by atoms with Crippen molar-refractivity contribution in [3.8, 4) is 0 Å². The Morgan fingerprint density at radius 2 is 1.70 bits per heavy atom. The predicted molar refractivity (Wildman–Crippen MR) is 95.9 cm³/mol. The van der Waals surface area contributed by atoms with E-state index < -0.39 is 3.42 Å². The number of esters is 1. The maximum Gasteiger partial charge on any atom is 0.325 e. The monoisotopic (exact) mass is 430 g/mol. The largest absolute Gasteiger partial charge is 0.458 e. The Labute approximate surface area is 152 Å². The van der Waals surface area contributed by atoms with E-state index in [0.29, 0.717) is 11.8 Å². The maximum absolute atomic E-state index is 13.0. The lowest BCUT2D eigenvalue weighted by atomic mass is 9.64. The van der Waals surface area contributed by atoms with Gasteiger partial charge in [0.25, 0.3) is 0 Å². The second kappa shape index (κ2) is 4.44. The number of rotatable bonds is 3. The third-order valence-electron chi connectivity index (χ3n) is 8.48. The summed E-state index contributed by atoms with van der Waals surface area (Å²) in [6.45, 7) is 7.04. The maximum atomic E-state index is 13.0. The van der Waals surface area contributed by atoms with Gasteiger partial charge in [0.05, 0.1) is 5.66 Å². The molecular weight excluding hydrogens is 403 g/mol. The fourth-order valence-electron chi connectivity index (χ4n) is 6.85. The molecule has 0 aromatic carbocycles. The molecule has 7 unspecified atom stereocenters. The summed E-state index contributed by atoms with van der Waals surface area (Å²) in [5, 5.41) is 6.69. The summed E-state index contributed by atoms with van der Waals surface area (Å²) < 4.78 is 5.69. The highest BCUT2D eigenvalue weighted by atomic mass is 127. The van der Waals surface area contributed by atoms with Crippen molar-refractivity contribution in [2.75, 3.05) is 6.67 Å². The van der Waals surface area contributed by atoms with Gasteiger partial charge < -0.3 is 4.74 Å². The molecule has 1 heterocycles. The van der Waals surface area contributed by atoms with Gasteiger partial charge in [-0.3, -0.25) is 15.4 Å². The number of carbonyl (C=O) groups excluding carboxylic acids is 1. The van der Waals surface area contributed by atoms with Gasteiger partial charge in [0.15, 0.2) is 0 Å². The summed E-state index contributed by atoms with van der Waals surface area (Å²) >= 11 is 2.27. The van der Waals surface area contributed by atoms with Crippen molar-refractivity contribution in [2.45, 2.75) is 61.1 Å². The van der Waals surface area contributed by atoms with E-state index in [1.807, 2.05) is 6.92 Å². The molecule has 4 aliphatic carbocycles. The number of alkyl halides is 1. The van der Waals surface area contributed by atoms with Crippen molar-refractivity contribution in [2.24, 2.45) is 35.5 Å². The van der Waals surface area contributed by atoms with Gasteiger partial charge in [0.1, 0.15) is 9.02 Å². The molecule has 23 heavy (non-hydrogen) atoms. The van der Waals surface area contributed by atoms with E-state index in [9.17, 15) is 4.79 Å². The number of carbonyl (C=O) groups is 1. The van der Waals surface area contributed by atoms with Gasteiger partial charge in [-0.05, 0) is 70.1 Å². The Morgan fingerprint density at radius 3 is 2.17 bits per heavy atom. The number of hydrogen-bond acceptors (Lipinski definition) is 4. The standard InChI is InChI=1S/C18H27IN2O2/c1-16(23-15(22)17(2,19)18(3)20-8-21-18)11-7-12(16)14-10-5-4-9(6-10)13(11)14/h9-14,20-21H,4-8H2,1-3H3. The van der Waals surface area contributed by atoms with Crippen molar-refractivity contribution in [3.63, 3.8) is 0 Å². The molecule has 128 valence electrons. The van der Waals surface area contributed by atoms with Crippen molar-refractivity contribution in [3.05, 3.63) is 0 Å². The van der Waals surface area contributed by atoms with Gasteiger partial charge >= 0.3 is 5.97 Å². The summed E-state index contributed by atoms with van der Waals surface area (Å²) in [6, 6.07) is 0. The van der Waals surface area contributed by atoms with Crippen LogP contribution in [0.1, 0.15) is 46.5 Å². The lowest BCUT2D eigenvalue weighted by Crippen LogP contribution is -2.79. The van der Waals surface area contributed by atoms with Crippen molar-refractivity contribution in [1.82, 2.24) is 10.6 Å². The Morgan fingerprint density at radius 1 is 1.13 bits per heavy atom. The minimum absolute atomic E-state index is 0.0511. The van der Waals surface area contributed by atoms with Gasteiger partial charge in [0.2, 0.25) is 0 Å². The van der Waals surface area contributed by atoms with E-state index in [4.69, 9.17) is 4.74 Å². The molecule has 0 spiro atoms. The predicted octanol–water partition coefficient (Wildman–Crippen LogP) is 2.66. The van der Waals surface area contributed by atoms with Crippen LogP contribution in [0.4, 0.5) is 0 Å². The topological polar surface area (TPSA) is 50.4 Å². The molecule has 0 aromatic heterocycles. The highest BCUT2D eigenvalue weighted by Gasteiger charge is 2.74. The first-order valence-corrected chi connectivity index (χ1v) is 10.3. The molecule has 4 bridgehead atoms. The highest BCUT2D eigenvalue weighted by molar-refractivity contribution is 14.1. The molecule has 2 N–H and O–H groups in total. The first-order chi connectivity index (χ1) is 10.8. The minimum Gasteiger partial charge on any atom is -0.458 e. The van der Waals surface area contributed by atoms with Gasteiger partial charge in [0, 0.05) is 18.5 Å². The third-order valence-corrected chi connectivity index (χ3v) is 9.99. The Hall–Kier alpha value is 0.120. The molecule has 1 saturated heterocycles. The molecule has 7 atom stereocenters. The summed E-state index contributed by atoms with van der Waals surface area (Å²) in [5.41, 5.74) is -0.557. The molecule has 0 radical (unpaired) electrons. The second-order valence-electron chi connectivity index (χ2n) is 9.17. The van der Waals surface area contributed by atoms with E-state index >= 15 is 0 Å². The van der Waals surface area contributed by atoms with Crippen molar-refractivity contribution in [1.29, 1.82) is 0 Å². The molecule has 5 heteroatoms. The normalized spacial score (nSPS) is 53.9.